The third-order valence-electron chi connectivity index (χ3n) is 3.46. The highest BCUT2D eigenvalue weighted by atomic mass is 16.5. The number of aromatic carboxylic acids is 1. The lowest BCUT2D eigenvalue weighted by Gasteiger charge is -2.12. The van der Waals surface area contributed by atoms with Crippen molar-refractivity contribution in [2.45, 2.75) is 0 Å². The van der Waals surface area contributed by atoms with Crippen LogP contribution in [-0.2, 0) is 0 Å². The summed E-state index contributed by atoms with van der Waals surface area (Å²) in [5.74, 6) is -0.199. The third kappa shape index (κ3) is 2.72. The Morgan fingerprint density at radius 3 is 2.64 bits per heavy atom. The van der Waals surface area contributed by atoms with E-state index in [2.05, 4.69) is 5.32 Å². The molecule has 0 aromatic heterocycles. The summed E-state index contributed by atoms with van der Waals surface area (Å²) in [5, 5.41) is 14.5. The number of methoxy groups -OCH3 is 1. The van der Waals surface area contributed by atoms with Crippen molar-refractivity contribution in [2.24, 2.45) is 0 Å². The van der Waals surface area contributed by atoms with Crippen LogP contribution in [0.2, 0.25) is 0 Å². The molecule has 0 spiro atoms. The van der Waals surface area contributed by atoms with E-state index in [4.69, 9.17) is 9.84 Å². The minimum absolute atomic E-state index is 0.247. The predicted octanol–water partition coefficient (Wildman–Crippen LogP) is 4.29. The molecule has 0 radical (unpaired) electrons. The Morgan fingerprint density at radius 2 is 1.86 bits per heavy atom. The van der Waals surface area contributed by atoms with Crippen LogP contribution in [0.15, 0.2) is 60.7 Å². The van der Waals surface area contributed by atoms with Gasteiger partial charge in [-0.25, -0.2) is 4.79 Å². The molecular weight excluding hydrogens is 278 g/mol. The van der Waals surface area contributed by atoms with Gasteiger partial charge in [-0.15, -0.1) is 0 Å². The first-order valence-electron chi connectivity index (χ1n) is 6.84. The molecule has 0 saturated heterocycles. The first-order valence-corrected chi connectivity index (χ1v) is 6.84. The van der Waals surface area contributed by atoms with Crippen LogP contribution in [0.5, 0.6) is 5.75 Å². The van der Waals surface area contributed by atoms with Gasteiger partial charge in [0.15, 0.2) is 0 Å². The standard InChI is InChI=1S/C18H15NO3/c1-22-15-10-12-5-2-3-8-16(12)17(11-15)19-14-7-4-6-13(9-14)18(20)21/h2-11,19H,1H3,(H,20,21). The number of hydrogen-bond donors (Lipinski definition) is 2. The maximum absolute atomic E-state index is 11.1. The zero-order chi connectivity index (χ0) is 15.5. The van der Waals surface area contributed by atoms with Crippen molar-refractivity contribution in [3.8, 4) is 5.75 Å². The summed E-state index contributed by atoms with van der Waals surface area (Å²) >= 11 is 0. The molecule has 4 heteroatoms. The highest BCUT2D eigenvalue weighted by molar-refractivity contribution is 5.97. The number of ether oxygens (including phenoxy) is 1. The first-order chi connectivity index (χ1) is 10.7. The maximum Gasteiger partial charge on any atom is 0.335 e. The average molecular weight is 293 g/mol. The molecule has 110 valence electrons. The van der Waals surface area contributed by atoms with Gasteiger partial charge < -0.3 is 15.2 Å². The second-order valence-corrected chi connectivity index (χ2v) is 4.91. The summed E-state index contributed by atoms with van der Waals surface area (Å²) < 4.78 is 5.33. The monoisotopic (exact) mass is 293 g/mol. The number of carboxylic acids is 1. The lowest BCUT2D eigenvalue weighted by Crippen LogP contribution is -1.98. The molecule has 0 aliphatic carbocycles. The molecule has 0 amide bonds. The Kier molecular flexibility index (Phi) is 3.66. The highest BCUT2D eigenvalue weighted by Crippen LogP contribution is 2.31. The zero-order valence-corrected chi connectivity index (χ0v) is 12.0. The van der Waals surface area contributed by atoms with E-state index in [-0.39, 0.29) is 5.56 Å². The van der Waals surface area contributed by atoms with Gasteiger partial charge in [0.2, 0.25) is 0 Å². The summed E-state index contributed by atoms with van der Waals surface area (Å²) in [7, 11) is 1.62. The van der Waals surface area contributed by atoms with E-state index < -0.39 is 5.97 Å². The van der Waals surface area contributed by atoms with Crippen LogP contribution in [0.25, 0.3) is 10.8 Å². The van der Waals surface area contributed by atoms with E-state index in [0.29, 0.717) is 0 Å². The maximum atomic E-state index is 11.1. The fourth-order valence-corrected chi connectivity index (χ4v) is 2.39. The number of fused-ring (bicyclic) bond motifs is 1. The lowest BCUT2D eigenvalue weighted by atomic mass is 10.1. The topological polar surface area (TPSA) is 58.6 Å². The molecule has 0 fully saturated rings. The van der Waals surface area contributed by atoms with Gasteiger partial charge in [0.25, 0.3) is 0 Å². The van der Waals surface area contributed by atoms with Crippen molar-refractivity contribution in [2.75, 3.05) is 12.4 Å². The van der Waals surface area contributed by atoms with Crippen molar-refractivity contribution in [1.29, 1.82) is 0 Å². The van der Waals surface area contributed by atoms with E-state index >= 15 is 0 Å². The van der Waals surface area contributed by atoms with Crippen LogP contribution in [0.4, 0.5) is 11.4 Å². The number of anilines is 2. The number of carboxylic acid groups (broad SMARTS) is 1. The van der Waals surface area contributed by atoms with Gasteiger partial charge >= 0.3 is 5.97 Å². The molecule has 0 aliphatic heterocycles. The zero-order valence-electron chi connectivity index (χ0n) is 12.0. The van der Waals surface area contributed by atoms with Crippen LogP contribution in [0, 0.1) is 0 Å². The molecule has 0 atom stereocenters. The van der Waals surface area contributed by atoms with Gasteiger partial charge in [0.05, 0.1) is 18.4 Å². The summed E-state index contributed by atoms with van der Waals surface area (Å²) in [4.78, 5) is 11.1. The fraction of sp³-hybridized carbons (Fsp3) is 0.0556. The van der Waals surface area contributed by atoms with Gasteiger partial charge in [-0.2, -0.15) is 0 Å². The van der Waals surface area contributed by atoms with Crippen molar-refractivity contribution < 1.29 is 14.6 Å². The van der Waals surface area contributed by atoms with Crippen molar-refractivity contribution in [3.63, 3.8) is 0 Å². The number of rotatable bonds is 4. The second-order valence-electron chi connectivity index (χ2n) is 4.91. The Hall–Kier alpha value is -3.01. The smallest absolute Gasteiger partial charge is 0.335 e. The molecule has 0 saturated carbocycles. The predicted molar refractivity (Wildman–Crippen MR) is 87.2 cm³/mol. The third-order valence-corrected chi connectivity index (χ3v) is 3.46. The van der Waals surface area contributed by atoms with Crippen LogP contribution in [-0.4, -0.2) is 18.2 Å². The molecule has 0 aliphatic rings. The normalized spacial score (nSPS) is 10.4. The average Bonchev–Trinajstić information content (AvgIpc) is 2.55. The molecule has 0 unspecified atom stereocenters. The molecule has 0 heterocycles. The Labute approximate surface area is 128 Å². The van der Waals surface area contributed by atoms with Gasteiger partial charge in [-0.05, 0) is 29.7 Å². The fourth-order valence-electron chi connectivity index (χ4n) is 2.39. The van der Waals surface area contributed by atoms with Crippen molar-refractivity contribution in [1.82, 2.24) is 0 Å². The van der Waals surface area contributed by atoms with Gasteiger partial charge in [0, 0.05) is 17.1 Å². The highest BCUT2D eigenvalue weighted by Gasteiger charge is 2.07. The van der Waals surface area contributed by atoms with Crippen LogP contribution < -0.4 is 10.1 Å². The second kappa shape index (κ2) is 5.77. The molecule has 2 N–H and O–H groups in total. The van der Waals surface area contributed by atoms with Gasteiger partial charge in [0.1, 0.15) is 5.75 Å². The van der Waals surface area contributed by atoms with E-state index in [9.17, 15) is 4.79 Å². The largest absolute Gasteiger partial charge is 0.497 e. The van der Waals surface area contributed by atoms with E-state index in [1.54, 1.807) is 25.3 Å². The number of hydrogen-bond acceptors (Lipinski definition) is 3. The summed E-state index contributed by atoms with van der Waals surface area (Å²) in [5.41, 5.74) is 1.84. The molecule has 0 bridgehead atoms. The number of carbonyl (C=O) groups is 1. The minimum atomic E-state index is -0.945. The van der Waals surface area contributed by atoms with E-state index in [0.717, 1.165) is 27.9 Å². The lowest BCUT2D eigenvalue weighted by molar-refractivity contribution is 0.0697. The molecule has 3 rings (SSSR count). The van der Waals surface area contributed by atoms with Crippen LogP contribution >= 0.6 is 0 Å². The van der Waals surface area contributed by atoms with Crippen molar-refractivity contribution >= 4 is 28.1 Å². The molecule has 3 aromatic rings. The van der Waals surface area contributed by atoms with Crippen LogP contribution in [0.3, 0.4) is 0 Å². The van der Waals surface area contributed by atoms with Gasteiger partial charge in [-0.1, -0.05) is 30.3 Å². The number of benzene rings is 3. The Balaban J connectivity index is 2.06. The Morgan fingerprint density at radius 1 is 1.05 bits per heavy atom. The SMILES string of the molecule is COc1cc(Nc2cccc(C(=O)O)c2)c2ccccc2c1. The first kappa shape index (κ1) is 13.9. The van der Waals surface area contributed by atoms with Crippen molar-refractivity contribution in [3.05, 3.63) is 66.2 Å². The quantitative estimate of drug-likeness (QED) is 0.753. The molecule has 4 nitrogen and oxygen atoms in total. The Bertz CT molecular complexity index is 843. The summed E-state index contributed by atoms with van der Waals surface area (Å²) in [6, 6.07) is 18.5. The van der Waals surface area contributed by atoms with E-state index in [1.165, 1.54) is 0 Å². The number of nitrogens with one attached hydrogen (secondary N) is 1. The van der Waals surface area contributed by atoms with E-state index in [1.807, 2.05) is 42.5 Å². The van der Waals surface area contributed by atoms with Crippen LogP contribution in [0.1, 0.15) is 10.4 Å². The summed E-state index contributed by atoms with van der Waals surface area (Å²) in [6.07, 6.45) is 0. The summed E-state index contributed by atoms with van der Waals surface area (Å²) in [6.45, 7) is 0. The molecule has 22 heavy (non-hydrogen) atoms. The minimum Gasteiger partial charge on any atom is -0.497 e. The molecule has 3 aromatic carbocycles. The molecular formula is C18H15NO3. The van der Waals surface area contributed by atoms with Gasteiger partial charge in [-0.3, -0.25) is 0 Å².